The first-order chi connectivity index (χ1) is 15.5. The number of carbonyl (C=O) groups is 1. The highest BCUT2D eigenvalue weighted by Crippen LogP contribution is 2.20. The van der Waals surface area contributed by atoms with Gasteiger partial charge in [-0.15, -0.1) is 11.3 Å². The van der Waals surface area contributed by atoms with Gasteiger partial charge in [0, 0.05) is 37.4 Å². The molecule has 1 aliphatic rings. The zero-order valence-corrected chi connectivity index (χ0v) is 19.1. The summed E-state index contributed by atoms with van der Waals surface area (Å²) in [5.41, 5.74) is 3.12. The molecule has 4 rings (SSSR count). The van der Waals surface area contributed by atoms with Crippen LogP contribution < -0.4 is 10.0 Å². The molecule has 1 aromatic heterocycles. The lowest BCUT2D eigenvalue weighted by Gasteiger charge is -2.26. The molecule has 0 radical (unpaired) electrons. The van der Waals surface area contributed by atoms with Crippen molar-refractivity contribution in [2.75, 3.05) is 31.0 Å². The topological polar surface area (TPSA) is 87.7 Å². The Kier molecular flexibility index (Phi) is 7.21. The summed E-state index contributed by atoms with van der Waals surface area (Å²) < 4.78 is 32.8. The average Bonchev–Trinajstić information content (AvgIpc) is 3.35. The third-order valence-corrected chi connectivity index (χ3v) is 7.89. The van der Waals surface area contributed by atoms with Crippen molar-refractivity contribution < 1.29 is 17.9 Å². The lowest BCUT2D eigenvalue weighted by molar-refractivity contribution is 0.0342. The predicted molar refractivity (Wildman–Crippen MR) is 125 cm³/mol. The summed E-state index contributed by atoms with van der Waals surface area (Å²) in [7, 11) is -3.61. The Bertz CT molecular complexity index is 1140. The smallest absolute Gasteiger partial charge is 0.271 e. The summed E-state index contributed by atoms with van der Waals surface area (Å²) in [6.45, 7) is 4.69. The van der Waals surface area contributed by atoms with Crippen LogP contribution in [0.1, 0.15) is 21.5 Å². The number of sulfonamides is 1. The van der Waals surface area contributed by atoms with Crippen LogP contribution in [0, 0.1) is 0 Å². The zero-order chi connectivity index (χ0) is 22.4. The van der Waals surface area contributed by atoms with Gasteiger partial charge in [0.1, 0.15) is 4.21 Å². The molecule has 0 aliphatic carbocycles. The minimum Gasteiger partial charge on any atom is -0.379 e. The number of rotatable bonds is 8. The standard InChI is InChI=1S/C23H25N3O4S2/c27-23(20-6-8-21(9-7-20)25-32(28,29)22-5-2-14-31-22)24-16-18-3-1-4-19(15-18)17-26-10-12-30-13-11-26/h1-9,14-15,25H,10-13,16-17H2,(H,24,27). The lowest BCUT2D eigenvalue weighted by Crippen LogP contribution is -2.35. The van der Waals surface area contributed by atoms with Crippen LogP contribution >= 0.6 is 11.3 Å². The molecular formula is C23H25N3O4S2. The van der Waals surface area contributed by atoms with E-state index < -0.39 is 10.0 Å². The number of hydrogen-bond donors (Lipinski definition) is 2. The van der Waals surface area contributed by atoms with Crippen molar-refractivity contribution in [2.24, 2.45) is 0 Å². The fourth-order valence-electron chi connectivity index (χ4n) is 3.45. The van der Waals surface area contributed by atoms with E-state index in [1.165, 1.54) is 5.56 Å². The summed E-state index contributed by atoms with van der Waals surface area (Å²) in [5.74, 6) is -0.212. The van der Waals surface area contributed by atoms with Gasteiger partial charge in [-0.05, 0) is 46.8 Å². The highest BCUT2D eigenvalue weighted by molar-refractivity contribution is 7.94. The number of morpholine rings is 1. The van der Waals surface area contributed by atoms with Crippen molar-refractivity contribution in [3.63, 3.8) is 0 Å². The van der Waals surface area contributed by atoms with E-state index in [0.717, 1.165) is 49.7 Å². The minimum atomic E-state index is -3.61. The lowest BCUT2D eigenvalue weighted by atomic mass is 10.1. The van der Waals surface area contributed by atoms with Crippen LogP contribution in [0.15, 0.2) is 70.3 Å². The molecule has 0 atom stereocenters. The van der Waals surface area contributed by atoms with E-state index in [0.29, 0.717) is 17.8 Å². The Labute approximate surface area is 192 Å². The second kappa shape index (κ2) is 10.3. The molecule has 0 spiro atoms. The van der Waals surface area contributed by atoms with Crippen LogP contribution in [0.2, 0.25) is 0 Å². The number of carbonyl (C=O) groups excluding carboxylic acids is 1. The molecule has 168 valence electrons. The number of amides is 1. The number of benzene rings is 2. The number of hydrogen-bond acceptors (Lipinski definition) is 6. The number of anilines is 1. The van der Waals surface area contributed by atoms with Crippen LogP contribution in [0.5, 0.6) is 0 Å². The van der Waals surface area contributed by atoms with Crippen molar-refractivity contribution in [1.82, 2.24) is 10.2 Å². The molecule has 1 saturated heterocycles. The normalized spacial score (nSPS) is 14.8. The summed E-state index contributed by atoms with van der Waals surface area (Å²) in [5, 5.41) is 4.64. The van der Waals surface area contributed by atoms with E-state index in [2.05, 4.69) is 27.1 Å². The Morgan fingerprint density at radius 3 is 2.47 bits per heavy atom. The molecule has 1 aliphatic heterocycles. The zero-order valence-electron chi connectivity index (χ0n) is 17.5. The van der Waals surface area contributed by atoms with E-state index in [1.807, 2.05) is 12.1 Å². The maximum atomic E-state index is 12.5. The van der Waals surface area contributed by atoms with Gasteiger partial charge in [-0.1, -0.05) is 30.3 Å². The first-order valence-corrected chi connectivity index (χ1v) is 12.7. The van der Waals surface area contributed by atoms with Crippen LogP contribution in [-0.4, -0.2) is 45.5 Å². The summed E-state index contributed by atoms with van der Waals surface area (Å²) in [6, 6.07) is 17.8. The molecule has 2 heterocycles. The van der Waals surface area contributed by atoms with Crippen molar-refractivity contribution >= 4 is 33.0 Å². The third-order valence-electron chi connectivity index (χ3n) is 5.11. The number of nitrogens with one attached hydrogen (secondary N) is 2. The Balaban J connectivity index is 1.32. The summed E-state index contributed by atoms with van der Waals surface area (Å²) in [4.78, 5) is 14.9. The van der Waals surface area contributed by atoms with Crippen LogP contribution in [-0.2, 0) is 27.8 Å². The predicted octanol–water partition coefficient (Wildman–Crippen LogP) is 3.31. The fraction of sp³-hybridized carbons (Fsp3) is 0.261. The van der Waals surface area contributed by atoms with Gasteiger partial charge in [0.2, 0.25) is 0 Å². The van der Waals surface area contributed by atoms with Crippen molar-refractivity contribution in [3.05, 3.63) is 82.7 Å². The number of nitrogens with zero attached hydrogens (tertiary/aromatic N) is 1. The van der Waals surface area contributed by atoms with E-state index in [9.17, 15) is 13.2 Å². The molecule has 7 nitrogen and oxygen atoms in total. The van der Waals surface area contributed by atoms with E-state index >= 15 is 0 Å². The molecular weight excluding hydrogens is 446 g/mol. The van der Waals surface area contributed by atoms with Crippen LogP contribution in [0.25, 0.3) is 0 Å². The fourth-order valence-corrected chi connectivity index (χ4v) is 5.50. The van der Waals surface area contributed by atoms with Crippen molar-refractivity contribution in [2.45, 2.75) is 17.3 Å². The summed E-state index contributed by atoms with van der Waals surface area (Å²) in [6.07, 6.45) is 0. The van der Waals surface area contributed by atoms with Crippen LogP contribution in [0.4, 0.5) is 5.69 Å². The van der Waals surface area contributed by atoms with Gasteiger partial charge >= 0.3 is 0 Å². The third kappa shape index (κ3) is 5.95. The Hall–Kier alpha value is -2.72. The molecule has 3 aromatic rings. The summed E-state index contributed by atoms with van der Waals surface area (Å²) >= 11 is 1.15. The highest BCUT2D eigenvalue weighted by atomic mass is 32.2. The molecule has 2 N–H and O–H groups in total. The van der Waals surface area contributed by atoms with Gasteiger partial charge < -0.3 is 10.1 Å². The minimum absolute atomic E-state index is 0.212. The highest BCUT2D eigenvalue weighted by Gasteiger charge is 2.15. The first kappa shape index (κ1) is 22.5. The maximum absolute atomic E-state index is 12.5. The van der Waals surface area contributed by atoms with Gasteiger partial charge in [-0.3, -0.25) is 14.4 Å². The SMILES string of the molecule is O=C(NCc1cccc(CN2CCOCC2)c1)c1ccc(NS(=O)(=O)c2cccs2)cc1. The van der Waals surface area contributed by atoms with Gasteiger partial charge in [-0.2, -0.15) is 0 Å². The van der Waals surface area contributed by atoms with Gasteiger partial charge in [0.05, 0.1) is 13.2 Å². The first-order valence-electron chi connectivity index (χ1n) is 10.3. The largest absolute Gasteiger partial charge is 0.379 e. The molecule has 1 fully saturated rings. The average molecular weight is 472 g/mol. The van der Waals surface area contributed by atoms with E-state index in [-0.39, 0.29) is 10.1 Å². The monoisotopic (exact) mass is 471 g/mol. The molecule has 0 bridgehead atoms. The van der Waals surface area contributed by atoms with E-state index in [1.54, 1.807) is 41.8 Å². The van der Waals surface area contributed by atoms with E-state index in [4.69, 9.17) is 4.74 Å². The number of thiophene rings is 1. The maximum Gasteiger partial charge on any atom is 0.271 e. The number of ether oxygens (including phenoxy) is 1. The second-order valence-corrected chi connectivity index (χ2v) is 10.4. The van der Waals surface area contributed by atoms with Gasteiger partial charge in [-0.25, -0.2) is 8.42 Å². The molecule has 2 aromatic carbocycles. The van der Waals surface area contributed by atoms with Gasteiger partial charge in [0.25, 0.3) is 15.9 Å². The molecule has 1 amide bonds. The van der Waals surface area contributed by atoms with Crippen molar-refractivity contribution in [1.29, 1.82) is 0 Å². The molecule has 9 heteroatoms. The molecule has 0 saturated carbocycles. The Morgan fingerprint density at radius 1 is 1.00 bits per heavy atom. The Morgan fingerprint density at radius 2 is 1.75 bits per heavy atom. The second-order valence-electron chi connectivity index (χ2n) is 7.51. The van der Waals surface area contributed by atoms with Gasteiger partial charge in [0.15, 0.2) is 0 Å². The quantitative estimate of drug-likeness (QED) is 0.526. The van der Waals surface area contributed by atoms with Crippen molar-refractivity contribution in [3.8, 4) is 0 Å². The molecule has 0 unspecified atom stereocenters. The molecule has 32 heavy (non-hydrogen) atoms. The van der Waals surface area contributed by atoms with Crippen LogP contribution in [0.3, 0.4) is 0 Å².